The summed E-state index contributed by atoms with van der Waals surface area (Å²) in [5.41, 5.74) is 0. The molecule has 1 aromatic rings. The second kappa shape index (κ2) is 6.43. The van der Waals surface area contributed by atoms with Crippen LogP contribution in [0.15, 0.2) is 11.0 Å². The fraction of sp³-hybridized carbons (Fsp3) is 0.583. The van der Waals surface area contributed by atoms with E-state index >= 15 is 0 Å². The van der Waals surface area contributed by atoms with Gasteiger partial charge < -0.3 is 10.1 Å². The van der Waals surface area contributed by atoms with E-state index in [4.69, 9.17) is 15.4 Å². The zero-order valence-corrected chi connectivity index (χ0v) is 13.4. The van der Waals surface area contributed by atoms with E-state index in [2.05, 4.69) is 5.32 Å². The number of carbonyl (C=O) groups is 1. The molecule has 112 valence electrons. The third-order valence-electron chi connectivity index (χ3n) is 3.16. The average molecular weight is 338 g/mol. The van der Waals surface area contributed by atoms with E-state index in [0.29, 0.717) is 28.8 Å². The Kier molecular flexibility index (Phi) is 5.06. The van der Waals surface area contributed by atoms with Crippen molar-refractivity contribution in [3.63, 3.8) is 0 Å². The number of hydrogen-bond donors (Lipinski definition) is 1. The van der Waals surface area contributed by atoms with Gasteiger partial charge in [0.05, 0.1) is 16.4 Å². The summed E-state index contributed by atoms with van der Waals surface area (Å²) >= 11 is 1.13. The van der Waals surface area contributed by atoms with Crippen molar-refractivity contribution in [1.29, 1.82) is 0 Å². The van der Waals surface area contributed by atoms with Crippen LogP contribution in [0, 0.1) is 12.8 Å². The van der Waals surface area contributed by atoms with Gasteiger partial charge in [0, 0.05) is 28.7 Å². The highest BCUT2D eigenvalue weighted by Gasteiger charge is 2.21. The molecular formula is C12H16ClNO4S2. The highest BCUT2D eigenvalue weighted by molar-refractivity contribution is 8.13. The Hall–Kier alpha value is -0.630. The van der Waals surface area contributed by atoms with Crippen molar-refractivity contribution in [2.45, 2.75) is 24.7 Å². The summed E-state index contributed by atoms with van der Waals surface area (Å²) in [5.74, 6) is 0.0558. The summed E-state index contributed by atoms with van der Waals surface area (Å²) in [6.45, 7) is 3.61. The van der Waals surface area contributed by atoms with Gasteiger partial charge in [-0.1, -0.05) is 0 Å². The predicted molar refractivity (Wildman–Crippen MR) is 78.0 cm³/mol. The van der Waals surface area contributed by atoms with Crippen LogP contribution < -0.4 is 5.32 Å². The fourth-order valence-electron chi connectivity index (χ4n) is 2.11. The minimum absolute atomic E-state index is 0.00955. The molecule has 1 aliphatic heterocycles. The lowest BCUT2D eigenvalue weighted by Crippen LogP contribution is -2.32. The molecular weight excluding hydrogens is 322 g/mol. The Bertz CT molecular complexity index is 591. The molecule has 0 aliphatic carbocycles. The number of rotatable bonds is 4. The van der Waals surface area contributed by atoms with E-state index in [9.17, 15) is 13.2 Å². The molecule has 0 radical (unpaired) electrons. The number of nitrogens with one attached hydrogen (secondary N) is 1. The first-order valence-corrected chi connectivity index (χ1v) is 9.41. The van der Waals surface area contributed by atoms with Gasteiger partial charge in [0.2, 0.25) is 0 Å². The predicted octanol–water partition coefficient (Wildman–Crippen LogP) is 2.14. The van der Waals surface area contributed by atoms with Crippen molar-refractivity contribution in [3.8, 4) is 0 Å². The minimum atomic E-state index is -3.80. The number of hydrogen-bond acceptors (Lipinski definition) is 5. The maximum absolute atomic E-state index is 12.0. The van der Waals surface area contributed by atoms with Crippen LogP contribution in [0.25, 0.3) is 0 Å². The summed E-state index contributed by atoms with van der Waals surface area (Å²) in [6, 6.07) is 1.33. The van der Waals surface area contributed by atoms with Crippen LogP contribution in [0.5, 0.6) is 0 Å². The van der Waals surface area contributed by atoms with Gasteiger partial charge in [0.1, 0.15) is 0 Å². The second-order valence-corrected chi connectivity index (χ2v) is 8.55. The highest BCUT2D eigenvalue weighted by Crippen LogP contribution is 2.28. The van der Waals surface area contributed by atoms with Gasteiger partial charge in [-0.15, -0.1) is 11.3 Å². The molecule has 1 amide bonds. The lowest BCUT2D eigenvalue weighted by molar-refractivity contribution is 0.0536. The minimum Gasteiger partial charge on any atom is -0.381 e. The van der Waals surface area contributed by atoms with Crippen LogP contribution in [0.2, 0.25) is 0 Å². The number of thiophene rings is 1. The van der Waals surface area contributed by atoms with Crippen LogP contribution >= 0.6 is 22.0 Å². The summed E-state index contributed by atoms with van der Waals surface area (Å²) < 4.78 is 28.0. The standard InChI is InChI=1S/C12H16ClNO4S2/c1-8-11(20(13,16)17)5-10(19-8)12(15)14-6-9-3-2-4-18-7-9/h5,9H,2-4,6-7H2,1H3,(H,14,15). The summed E-state index contributed by atoms with van der Waals surface area (Å²) in [5, 5.41) is 2.81. The van der Waals surface area contributed by atoms with E-state index in [1.54, 1.807) is 6.92 Å². The van der Waals surface area contributed by atoms with Crippen molar-refractivity contribution < 1.29 is 17.9 Å². The molecule has 2 heterocycles. The van der Waals surface area contributed by atoms with Gasteiger partial charge in [-0.05, 0) is 31.7 Å². The maximum atomic E-state index is 12.0. The van der Waals surface area contributed by atoms with Gasteiger partial charge in [-0.25, -0.2) is 8.42 Å². The average Bonchev–Trinajstić information content (AvgIpc) is 2.79. The highest BCUT2D eigenvalue weighted by atomic mass is 35.7. The molecule has 1 unspecified atom stereocenters. The van der Waals surface area contributed by atoms with Gasteiger partial charge in [0.15, 0.2) is 0 Å². The van der Waals surface area contributed by atoms with Crippen molar-refractivity contribution in [1.82, 2.24) is 5.32 Å². The normalized spacial score (nSPS) is 19.8. The smallest absolute Gasteiger partial charge is 0.262 e. The van der Waals surface area contributed by atoms with Gasteiger partial charge in [0.25, 0.3) is 15.0 Å². The van der Waals surface area contributed by atoms with Crippen LogP contribution in [0.3, 0.4) is 0 Å². The first-order chi connectivity index (χ1) is 9.38. The number of amides is 1. The van der Waals surface area contributed by atoms with E-state index in [-0.39, 0.29) is 10.8 Å². The second-order valence-electron chi connectivity index (χ2n) is 4.76. The molecule has 2 rings (SSSR count). The Balaban J connectivity index is 1.99. The van der Waals surface area contributed by atoms with Crippen molar-refractivity contribution >= 4 is 37.0 Å². The van der Waals surface area contributed by atoms with E-state index in [1.165, 1.54) is 6.07 Å². The molecule has 1 N–H and O–H groups in total. The van der Waals surface area contributed by atoms with Crippen molar-refractivity contribution in [3.05, 3.63) is 15.8 Å². The van der Waals surface area contributed by atoms with E-state index in [0.717, 1.165) is 30.8 Å². The first-order valence-electron chi connectivity index (χ1n) is 6.29. The number of ether oxygens (including phenoxy) is 1. The molecule has 0 bridgehead atoms. The molecule has 5 nitrogen and oxygen atoms in total. The number of carbonyl (C=O) groups excluding carboxylic acids is 1. The molecule has 1 aliphatic rings. The third kappa shape index (κ3) is 3.94. The quantitative estimate of drug-likeness (QED) is 0.854. The Morgan fingerprint density at radius 1 is 1.60 bits per heavy atom. The molecule has 1 aromatic heterocycles. The fourth-order valence-corrected chi connectivity index (χ4v) is 4.69. The molecule has 1 atom stereocenters. The third-order valence-corrected chi connectivity index (χ3v) is 5.79. The Morgan fingerprint density at radius 3 is 2.90 bits per heavy atom. The SMILES string of the molecule is Cc1sc(C(=O)NCC2CCCOC2)cc1S(=O)(=O)Cl. The topological polar surface area (TPSA) is 72.5 Å². The van der Waals surface area contributed by atoms with Crippen LogP contribution in [-0.4, -0.2) is 34.1 Å². The summed E-state index contributed by atoms with van der Waals surface area (Å²) in [7, 11) is 1.51. The molecule has 1 fully saturated rings. The monoisotopic (exact) mass is 337 g/mol. The molecule has 0 saturated carbocycles. The molecule has 1 saturated heterocycles. The summed E-state index contributed by atoms with van der Waals surface area (Å²) in [4.78, 5) is 12.9. The lowest BCUT2D eigenvalue weighted by Gasteiger charge is -2.21. The first kappa shape index (κ1) is 15.8. The van der Waals surface area contributed by atoms with Crippen molar-refractivity contribution in [2.75, 3.05) is 19.8 Å². The van der Waals surface area contributed by atoms with Crippen LogP contribution in [-0.2, 0) is 13.8 Å². The van der Waals surface area contributed by atoms with E-state index in [1.807, 2.05) is 0 Å². The lowest BCUT2D eigenvalue weighted by atomic mass is 10.0. The largest absolute Gasteiger partial charge is 0.381 e. The molecule has 0 spiro atoms. The van der Waals surface area contributed by atoms with Crippen molar-refractivity contribution in [2.24, 2.45) is 5.92 Å². The van der Waals surface area contributed by atoms with Gasteiger partial charge in [-0.3, -0.25) is 4.79 Å². The number of halogens is 1. The zero-order valence-electron chi connectivity index (χ0n) is 11.0. The zero-order chi connectivity index (χ0) is 14.8. The van der Waals surface area contributed by atoms with Crippen LogP contribution in [0.1, 0.15) is 27.4 Å². The Labute approximate surface area is 126 Å². The molecule has 8 heteroatoms. The molecule has 0 aromatic carbocycles. The molecule has 20 heavy (non-hydrogen) atoms. The van der Waals surface area contributed by atoms with Gasteiger partial charge in [-0.2, -0.15) is 0 Å². The Morgan fingerprint density at radius 2 is 2.35 bits per heavy atom. The van der Waals surface area contributed by atoms with Crippen LogP contribution in [0.4, 0.5) is 0 Å². The number of aryl methyl sites for hydroxylation is 1. The van der Waals surface area contributed by atoms with E-state index < -0.39 is 9.05 Å². The maximum Gasteiger partial charge on any atom is 0.262 e. The van der Waals surface area contributed by atoms with Gasteiger partial charge >= 0.3 is 0 Å². The summed E-state index contributed by atoms with van der Waals surface area (Å²) in [6.07, 6.45) is 2.04.